The van der Waals surface area contributed by atoms with E-state index in [2.05, 4.69) is 161 Å². The van der Waals surface area contributed by atoms with Crippen LogP contribution in [0.15, 0.2) is 146 Å². The molecule has 2 heterocycles. The highest BCUT2D eigenvalue weighted by Gasteiger charge is 2.19. The Labute approximate surface area is 284 Å². The molecule has 0 unspecified atom stereocenters. The molecule has 7 aromatic rings. The van der Waals surface area contributed by atoms with E-state index in [0.29, 0.717) is 0 Å². The number of fused-ring (bicyclic) bond motifs is 2. The highest BCUT2D eigenvalue weighted by Crippen LogP contribution is 2.39. The zero-order valence-corrected chi connectivity index (χ0v) is 28.6. The minimum Gasteiger partial charge on any atom is -0.295 e. The maximum absolute atomic E-state index is 4.74. The van der Waals surface area contributed by atoms with Crippen LogP contribution in [0.5, 0.6) is 0 Å². The third-order valence-electron chi connectivity index (χ3n) is 9.02. The van der Waals surface area contributed by atoms with Crippen LogP contribution < -0.4 is 9.80 Å². The van der Waals surface area contributed by atoms with E-state index in [9.17, 15) is 0 Å². The Morgan fingerprint density at radius 3 is 1.08 bits per heavy atom. The summed E-state index contributed by atoms with van der Waals surface area (Å²) in [6.45, 7) is 13.5. The van der Waals surface area contributed by atoms with Gasteiger partial charge in [0.25, 0.3) is 0 Å². The molecule has 0 amide bonds. The molecule has 0 atom stereocenters. The first-order valence-electron chi connectivity index (χ1n) is 16.7. The molecule has 48 heavy (non-hydrogen) atoms. The minimum atomic E-state index is 0.0871. The van der Waals surface area contributed by atoms with Crippen LogP contribution in [0.3, 0.4) is 0 Å². The molecule has 0 aliphatic carbocycles. The molecule has 0 aliphatic rings. The first-order chi connectivity index (χ1) is 23.0. The van der Waals surface area contributed by atoms with Crippen molar-refractivity contribution < 1.29 is 0 Å². The van der Waals surface area contributed by atoms with Crippen LogP contribution in [0, 0.1) is 0 Å². The molecule has 0 radical (unpaired) electrons. The normalized spacial score (nSPS) is 12.0. The van der Waals surface area contributed by atoms with Crippen LogP contribution in [0.2, 0.25) is 0 Å². The zero-order valence-electron chi connectivity index (χ0n) is 28.6. The number of benzene rings is 5. The van der Waals surface area contributed by atoms with Gasteiger partial charge in [0.1, 0.15) is 11.6 Å². The molecule has 0 saturated heterocycles. The minimum absolute atomic E-state index is 0.0871. The molecule has 0 fully saturated rings. The molecule has 238 valence electrons. The van der Waals surface area contributed by atoms with E-state index < -0.39 is 0 Å². The van der Waals surface area contributed by atoms with Crippen molar-refractivity contribution in [3.8, 4) is 0 Å². The molecular formula is C44H42N4. The fourth-order valence-corrected chi connectivity index (χ4v) is 6.27. The van der Waals surface area contributed by atoms with Crippen LogP contribution in [-0.2, 0) is 10.8 Å². The van der Waals surface area contributed by atoms with Crippen LogP contribution in [-0.4, -0.2) is 9.97 Å². The fourth-order valence-electron chi connectivity index (χ4n) is 6.27. The van der Waals surface area contributed by atoms with Crippen molar-refractivity contribution in [3.05, 3.63) is 157 Å². The number of aromatic nitrogens is 2. The smallest absolute Gasteiger partial charge is 0.137 e. The zero-order chi connectivity index (χ0) is 33.5. The quantitative estimate of drug-likeness (QED) is 0.172. The largest absolute Gasteiger partial charge is 0.295 e. The average Bonchev–Trinajstić information content (AvgIpc) is 3.08. The SMILES string of the molecule is CC(C)(C)c1ccc(N(c2ccc3cc4cc(N(c5ccc(C(C)(C)C)cc5)c5ccccn5)ccc4cc3c2)c2ccccn2)cc1. The van der Waals surface area contributed by atoms with Gasteiger partial charge in [-0.3, -0.25) is 9.80 Å². The van der Waals surface area contributed by atoms with E-state index in [-0.39, 0.29) is 10.8 Å². The van der Waals surface area contributed by atoms with Crippen LogP contribution in [0.1, 0.15) is 52.7 Å². The summed E-state index contributed by atoms with van der Waals surface area (Å²) >= 11 is 0. The summed E-state index contributed by atoms with van der Waals surface area (Å²) in [7, 11) is 0. The Kier molecular flexibility index (Phi) is 7.96. The second-order valence-corrected chi connectivity index (χ2v) is 14.6. The van der Waals surface area contributed by atoms with Gasteiger partial charge in [-0.2, -0.15) is 0 Å². The molecule has 2 aromatic heterocycles. The standard InChI is InChI=1S/C44H42N4/c1-43(2,3)35-15-21-37(22-16-35)47(41-11-7-9-25-45-41)39-19-13-31-28-34-30-40(20-14-32(34)27-33(31)29-39)48(42-12-8-10-26-46-42)38-23-17-36(18-24-38)44(4,5)6/h7-30H,1-6H3. The highest BCUT2D eigenvalue weighted by atomic mass is 15.2. The lowest BCUT2D eigenvalue weighted by atomic mass is 9.87. The monoisotopic (exact) mass is 626 g/mol. The maximum Gasteiger partial charge on any atom is 0.137 e. The third-order valence-corrected chi connectivity index (χ3v) is 9.02. The molecule has 0 aliphatic heterocycles. The number of hydrogen-bond donors (Lipinski definition) is 0. The van der Waals surface area contributed by atoms with Crippen LogP contribution >= 0.6 is 0 Å². The van der Waals surface area contributed by atoms with E-state index in [1.807, 2.05) is 36.7 Å². The maximum atomic E-state index is 4.74. The Morgan fingerprint density at radius 1 is 0.375 bits per heavy atom. The molecule has 7 rings (SSSR count). The molecule has 0 saturated carbocycles. The van der Waals surface area contributed by atoms with E-state index in [1.54, 1.807) is 0 Å². The van der Waals surface area contributed by atoms with Crippen LogP contribution in [0.4, 0.5) is 34.4 Å². The van der Waals surface area contributed by atoms with E-state index in [1.165, 1.54) is 32.7 Å². The Bertz CT molecular complexity index is 2020. The lowest BCUT2D eigenvalue weighted by Gasteiger charge is -2.26. The topological polar surface area (TPSA) is 32.3 Å². The lowest BCUT2D eigenvalue weighted by Crippen LogP contribution is -2.14. The molecule has 0 spiro atoms. The predicted octanol–water partition coefficient (Wildman–Crippen LogP) is 12.3. The number of rotatable bonds is 6. The van der Waals surface area contributed by atoms with Gasteiger partial charge >= 0.3 is 0 Å². The average molecular weight is 627 g/mol. The molecule has 4 heteroatoms. The van der Waals surface area contributed by atoms with Crippen molar-refractivity contribution in [2.45, 2.75) is 52.4 Å². The first-order valence-corrected chi connectivity index (χ1v) is 16.7. The summed E-state index contributed by atoms with van der Waals surface area (Å²) in [6.07, 6.45) is 3.70. The summed E-state index contributed by atoms with van der Waals surface area (Å²) in [5.41, 5.74) is 7.09. The molecule has 5 aromatic carbocycles. The van der Waals surface area contributed by atoms with Gasteiger partial charge in [0.2, 0.25) is 0 Å². The lowest BCUT2D eigenvalue weighted by molar-refractivity contribution is 0.590. The van der Waals surface area contributed by atoms with Gasteiger partial charge in [0, 0.05) is 35.1 Å². The summed E-state index contributed by atoms with van der Waals surface area (Å²) in [5.74, 6) is 1.77. The van der Waals surface area contributed by atoms with Gasteiger partial charge in [-0.1, -0.05) is 90.1 Å². The van der Waals surface area contributed by atoms with Gasteiger partial charge in [0.15, 0.2) is 0 Å². The van der Waals surface area contributed by atoms with Crippen molar-refractivity contribution in [2.75, 3.05) is 9.80 Å². The molecule has 4 nitrogen and oxygen atoms in total. The fraction of sp³-hybridized carbons (Fsp3) is 0.182. The van der Waals surface area contributed by atoms with Gasteiger partial charge in [-0.25, -0.2) is 9.97 Å². The highest BCUT2D eigenvalue weighted by molar-refractivity contribution is 6.01. The second kappa shape index (κ2) is 12.3. The van der Waals surface area contributed by atoms with E-state index in [0.717, 1.165) is 34.4 Å². The van der Waals surface area contributed by atoms with Crippen molar-refractivity contribution in [2.24, 2.45) is 0 Å². The number of hydrogen-bond acceptors (Lipinski definition) is 4. The number of anilines is 6. The van der Waals surface area contributed by atoms with Crippen LogP contribution in [0.25, 0.3) is 21.5 Å². The Balaban J connectivity index is 1.29. The van der Waals surface area contributed by atoms with Gasteiger partial charge < -0.3 is 0 Å². The van der Waals surface area contributed by atoms with E-state index in [4.69, 9.17) is 9.97 Å². The first kappa shape index (κ1) is 31.1. The molecular weight excluding hydrogens is 585 g/mol. The van der Waals surface area contributed by atoms with Gasteiger partial charge in [-0.05, 0) is 128 Å². The number of pyridine rings is 2. The Morgan fingerprint density at radius 2 is 0.750 bits per heavy atom. The summed E-state index contributed by atoms with van der Waals surface area (Å²) in [4.78, 5) is 13.9. The van der Waals surface area contributed by atoms with E-state index >= 15 is 0 Å². The van der Waals surface area contributed by atoms with Crippen molar-refractivity contribution in [1.29, 1.82) is 0 Å². The molecule has 0 bridgehead atoms. The summed E-state index contributed by atoms with van der Waals surface area (Å²) < 4.78 is 0. The second-order valence-electron chi connectivity index (χ2n) is 14.6. The van der Waals surface area contributed by atoms with Gasteiger partial charge in [-0.15, -0.1) is 0 Å². The Hall–Kier alpha value is -5.48. The van der Waals surface area contributed by atoms with Crippen molar-refractivity contribution >= 4 is 55.9 Å². The van der Waals surface area contributed by atoms with Crippen molar-refractivity contribution in [1.82, 2.24) is 9.97 Å². The van der Waals surface area contributed by atoms with Crippen molar-refractivity contribution in [3.63, 3.8) is 0 Å². The summed E-state index contributed by atoms with van der Waals surface area (Å²) in [6, 6.07) is 47.8. The number of nitrogens with zero attached hydrogens (tertiary/aromatic N) is 4. The molecule has 0 N–H and O–H groups in total. The predicted molar refractivity (Wildman–Crippen MR) is 204 cm³/mol. The third kappa shape index (κ3) is 6.26. The van der Waals surface area contributed by atoms with Gasteiger partial charge in [0.05, 0.1) is 0 Å². The summed E-state index contributed by atoms with van der Waals surface area (Å²) in [5, 5.41) is 4.73.